The predicted molar refractivity (Wildman–Crippen MR) is 93.8 cm³/mol. The van der Waals surface area contributed by atoms with E-state index >= 15 is 0 Å². The molecule has 2 nitrogen and oxygen atoms in total. The number of hydrogen-bond donors (Lipinski definition) is 1. The molecule has 0 fully saturated rings. The van der Waals surface area contributed by atoms with E-state index in [0.717, 1.165) is 16.8 Å². The molecule has 0 amide bonds. The Kier molecular flexibility index (Phi) is 6.22. The molecule has 0 spiro atoms. The van der Waals surface area contributed by atoms with Crippen molar-refractivity contribution in [1.29, 1.82) is 0 Å². The van der Waals surface area contributed by atoms with E-state index in [0.29, 0.717) is 12.0 Å². The van der Waals surface area contributed by atoms with Gasteiger partial charge in [-0.1, -0.05) is 0 Å². The standard InChI is InChI=1S/C20H25INO/c1-13(2)15-6-8-16(9-7-15)20(23)18-12-17(21-5)10-11-19(18)22-14(3)4/h6-14,22H,1-5H3/q-1. The molecule has 0 unspecified atom stereocenters. The van der Waals surface area contributed by atoms with Gasteiger partial charge in [0.15, 0.2) is 0 Å². The molecule has 0 radical (unpaired) electrons. The predicted octanol–water partition coefficient (Wildman–Crippen LogP) is 1.75. The number of anilines is 1. The zero-order valence-electron chi connectivity index (χ0n) is 14.5. The van der Waals surface area contributed by atoms with Crippen molar-refractivity contribution in [3.8, 4) is 0 Å². The summed E-state index contributed by atoms with van der Waals surface area (Å²) in [6, 6.07) is 14.6. The average Bonchev–Trinajstić information content (AvgIpc) is 2.54. The number of nitrogens with one attached hydrogen (secondary N) is 1. The van der Waals surface area contributed by atoms with Crippen molar-refractivity contribution in [2.24, 2.45) is 0 Å². The third kappa shape index (κ3) is 4.56. The molecule has 0 saturated heterocycles. The van der Waals surface area contributed by atoms with Crippen LogP contribution >= 0.6 is 0 Å². The molecular formula is C20H25INO-. The molecule has 2 rings (SSSR count). The second kappa shape index (κ2) is 7.95. The molecule has 124 valence electrons. The number of ketones is 1. The Morgan fingerprint density at radius 3 is 2.17 bits per heavy atom. The van der Waals surface area contributed by atoms with Crippen LogP contribution in [0.1, 0.15) is 55.1 Å². The molecule has 0 aliphatic rings. The zero-order valence-corrected chi connectivity index (χ0v) is 16.6. The van der Waals surface area contributed by atoms with E-state index in [1.54, 1.807) is 0 Å². The molecule has 0 aliphatic heterocycles. The first-order valence-electron chi connectivity index (χ1n) is 7.97. The van der Waals surface area contributed by atoms with Crippen LogP contribution in [0.3, 0.4) is 0 Å². The third-order valence-corrected chi connectivity index (χ3v) is 5.64. The molecule has 1 N–H and O–H groups in total. The van der Waals surface area contributed by atoms with Crippen LogP contribution in [-0.2, 0) is 0 Å². The monoisotopic (exact) mass is 422 g/mol. The van der Waals surface area contributed by atoms with Crippen molar-refractivity contribution >= 4 is 11.5 Å². The molecule has 3 heteroatoms. The van der Waals surface area contributed by atoms with Gasteiger partial charge in [-0.3, -0.25) is 0 Å². The van der Waals surface area contributed by atoms with Gasteiger partial charge in [-0.15, -0.1) is 0 Å². The zero-order chi connectivity index (χ0) is 17.0. The van der Waals surface area contributed by atoms with Gasteiger partial charge in [0, 0.05) is 0 Å². The Balaban J connectivity index is 2.40. The van der Waals surface area contributed by atoms with Gasteiger partial charge in [0.05, 0.1) is 0 Å². The van der Waals surface area contributed by atoms with Gasteiger partial charge in [-0.2, -0.15) is 0 Å². The fraction of sp³-hybridized carbons (Fsp3) is 0.350. The Morgan fingerprint density at radius 1 is 1.00 bits per heavy atom. The van der Waals surface area contributed by atoms with Gasteiger partial charge >= 0.3 is 150 Å². The van der Waals surface area contributed by atoms with Crippen LogP contribution in [0.5, 0.6) is 0 Å². The van der Waals surface area contributed by atoms with Gasteiger partial charge < -0.3 is 0 Å². The topological polar surface area (TPSA) is 29.1 Å². The van der Waals surface area contributed by atoms with Gasteiger partial charge in [0.2, 0.25) is 0 Å². The van der Waals surface area contributed by atoms with Crippen LogP contribution < -0.4 is 26.5 Å². The fourth-order valence-corrected chi connectivity index (χ4v) is 3.60. The number of hydrogen-bond acceptors (Lipinski definition) is 2. The maximum absolute atomic E-state index is 13.0. The Labute approximate surface area is 150 Å². The molecule has 0 heterocycles. The van der Waals surface area contributed by atoms with Crippen LogP contribution in [0.4, 0.5) is 5.69 Å². The van der Waals surface area contributed by atoms with Crippen molar-refractivity contribution in [2.75, 3.05) is 10.2 Å². The number of carbonyl (C=O) groups is 1. The van der Waals surface area contributed by atoms with Gasteiger partial charge in [-0.25, -0.2) is 0 Å². The Hall–Kier alpha value is -1.36. The van der Waals surface area contributed by atoms with E-state index in [1.165, 1.54) is 9.13 Å². The summed E-state index contributed by atoms with van der Waals surface area (Å²) >= 11 is -0.0311. The van der Waals surface area contributed by atoms with Crippen molar-refractivity contribution in [3.63, 3.8) is 0 Å². The first-order valence-corrected chi connectivity index (χ1v) is 11.2. The normalized spacial score (nSPS) is 11.3. The number of halogens is 1. The van der Waals surface area contributed by atoms with E-state index in [9.17, 15) is 4.79 Å². The van der Waals surface area contributed by atoms with E-state index in [4.69, 9.17) is 0 Å². The SMILES string of the molecule is C[I-]c1ccc(NC(C)C)c(C(=O)c2ccc(C(C)C)cc2)c1. The first kappa shape index (κ1) is 18.0. The van der Waals surface area contributed by atoms with Crippen LogP contribution in [0.25, 0.3) is 0 Å². The van der Waals surface area contributed by atoms with Crippen molar-refractivity contribution in [3.05, 3.63) is 62.7 Å². The molecule has 0 aliphatic carbocycles. The summed E-state index contributed by atoms with van der Waals surface area (Å²) in [4.78, 5) is 15.2. The van der Waals surface area contributed by atoms with E-state index in [2.05, 4.69) is 62.2 Å². The number of benzene rings is 2. The van der Waals surface area contributed by atoms with Crippen LogP contribution in [0.15, 0.2) is 42.5 Å². The summed E-state index contributed by atoms with van der Waals surface area (Å²) in [7, 11) is 0. The summed E-state index contributed by atoms with van der Waals surface area (Å²) in [6.07, 6.45) is 0. The number of alkyl halides is 1. The molecular weight excluding hydrogens is 397 g/mol. The molecule has 2 aromatic carbocycles. The van der Waals surface area contributed by atoms with Crippen LogP contribution in [0.2, 0.25) is 0 Å². The van der Waals surface area contributed by atoms with Crippen LogP contribution in [-0.4, -0.2) is 16.8 Å². The van der Waals surface area contributed by atoms with Gasteiger partial charge in [0.25, 0.3) is 0 Å². The summed E-state index contributed by atoms with van der Waals surface area (Å²) in [6.45, 7) is 8.50. The van der Waals surface area contributed by atoms with E-state index < -0.39 is 0 Å². The summed E-state index contributed by atoms with van der Waals surface area (Å²) in [5, 5.41) is 3.40. The van der Waals surface area contributed by atoms with Gasteiger partial charge in [0.1, 0.15) is 0 Å². The van der Waals surface area contributed by atoms with Crippen molar-refractivity contribution < 1.29 is 26.0 Å². The summed E-state index contributed by atoms with van der Waals surface area (Å²) < 4.78 is 1.29. The number of rotatable bonds is 6. The Morgan fingerprint density at radius 2 is 1.65 bits per heavy atom. The van der Waals surface area contributed by atoms with E-state index in [-0.39, 0.29) is 27.0 Å². The molecule has 0 aromatic heterocycles. The van der Waals surface area contributed by atoms with Gasteiger partial charge in [-0.05, 0) is 0 Å². The van der Waals surface area contributed by atoms with Crippen LogP contribution in [0, 0.1) is 3.57 Å². The van der Waals surface area contributed by atoms with Crippen molar-refractivity contribution in [1.82, 2.24) is 0 Å². The molecule has 0 atom stereocenters. The van der Waals surface area contributed by atoms with E-state index in [1.807, 2.05) is 18.2 Å². The Bertz CT molecular complexity index is 675. The number of carbonyl (C=O) groups excluding carboxylic acids is 1. The molecule has 23 heavy (non-hydrogen) atoms. The summed E-state index contributed by atoms with van der Waals surface area (Å²) in [5.74, 6) is 0.577. The second-order valence-corrected chi connectivity index (χ2v) is 8.61. The molecule has 0 saturated carbocycles. The third-order valence-electron chi connectivity index (χ3n) is 3.73. The molecule has 0 bridgehead atoms. The quantitative estimate of drug-likeness (QED) is 0.437. The molecule has 2 aromatic rings. The second-order valence-electron chi connectivity index (χ2n) is 6.28. The maximum atomic E-state index is 13.0. The van der Waals surface area contributed by atoms with Crippen molar-refractivity contribution in [2.45, 2.75) is 39.7 Å². The minimum absolute atomic E-state index is 0.0311. The fourth-order valence-electron chi connectivity index (χ4n) is 2.43. The average molecular weight is 422 g/mol. The first-order chi connectivity index (χ1) is 10.9. The summed E-state index contributed by atoms with van der Waals surface area (Å²) in [5.41, 5.74) is 3.73. The minimum atomic E-state index is -0.0311.